The van der Waals surface area contributed by atoms with Crippen molar-refractivity contribution in [3.8, 4) is 0 Å². The fourth-order valence-corrected chi connectivity index (χ4v) is 1.32. The van der Waals surface area contributed by atoms with Gasteiger partial charge in [-0.1, -0.05) is 12.1 Å². The van der Waals surface area contributed by atoms with E-state index < -0.39 is 0 Å². The molecule has 16 heavy (non-hydrogen) atoms. The van der Waals surface area contributed by atoms with Crippen LogP contribution in [0.5, 0.6) is 0 Å². The standard InChI is InChI=1S/C11H15FN2O.ClH/c1-8-5-9(3-4-10(8)12)7-14(2)11(15)6-13;/h3-5H,6-7,13H2,1-2H3;1H. The quantitative estimate of drug-likeness (QED) is 0.878. The Hall–Kier alpha value is -1.13. The van der Waals surface area contributed by atoms with Gasteiger partial charge in [0.2, 0.25) is 5.91 Å². The van der Waals surface area contributed by atoms with E-state index in [1.165, 1.54) is 11.0 Å². The van der Waals surface area contributed by atoms with E-state index >= 15 is 0 Å². The zero-order chi connectivity index (χ0) is 11.4. The zero-order valence-corrected chi connectivity index (χ0v) is 10.2. The van der Waals surface area contributed by atoms with Crippen molar-refractivity contribution in [2.75, 3.05) is 13.6 Å². The lowest BCUT2D eigenvalue weighted by atomic mass is 10.1. The molecule has 0 radical (unpaired) electrons. The highest BCUT2D eigenvalue weighted by atomic mass is 35.5. The number of rotatable bonds is 3. The molecular weight excluding hydrogens is 231 g/mol. The summed E-state index contributed by atoms with van der Waals surface area (Å²) < 4.78 is 13.0. The van der Waals surface area contributed by atoms with Crippen LogP contribution in [-0.2, 0) is 11.3 Å². The maximum absolute atomic E-state index is 13.0. The molecule has 1 aromatic carbocycles. The van der Waals surface area contributed by atoms with Gasteiger partial charge in [-0.3, -0.25) is 4.79 Å². The normalized spacial score (nSPS) is 9.50. The van der Waals surface area contributed by atoms with Crippen molar-refractivity contribution in [2.24, 2.45) is 5.73 Å². The Balaban J connectivity index is 0.00000225. The summed E-state index contributed by atoms with van der Waals surface area (Å²) in [6, 6.07) is 4.81. The third-order valence-corrected chi connectivity index (χ3v) is 2.24. The molecule has 2 N–H and O–H groups in total. The summed E-state index contributed by atoms with van der Waals surface area (Å²) in [5, 5.41) is 0. The first kappa shape index (κ1) is 14.9. The zero-order valence-electron chi connectivity index (χ0n) is 9.37. The molecule has 0 atom stereocenters. The Morgan fingerprint density at radius 2 is 2.12 bits per heavy atom. The molecular formula is C11H16ClFN2O. The van der Waals surface area contributed by atoms with E-state index in [4.69, 9.17) is 5.73 Å². The predicted octanol–water partition coefficient (Wildman–Crippen LogP) is 1.47. The van der Waals surface area contributed by atoms with Gasteiger partial charge in [-0.25, -0.2) is 4.39 Å². The van der Waals surface area contributed by atoms with Crippen LogP contribution in [0.2, 0.25) is 0 Å². The molecule has 0 unspecified atom stereocenters. The molecule has 0 spiro atoms. The highest BCUT2D eigenvalue weighted by molar-refractivity contribution is 5.85. The van der Waals surface area contributed by atoms with Gasteiger partial charge in [0, 0.05) is 13.6 Å². The van der Waals surface area contributed by atoms with Crippen LogP contribution in [0.15, 0.2) is 18.2 Å². The molecule has 5 heteroatoms. The Bertz CT molecular complexity index is 371. The molecule has 0 heterocycles. The van der Waals surface area contributed by atoms with Crippen molar-refractivity contribution < 1.29 is 9.18 Å². The van der Waals surface area contributed by atoms with Crippen molar-refractivity contribution in [2.45, 2.75) is 13.5 Å². The van der Waals surface area contributed by atoms with Crippen molar-refractivity contribution in [3.05, 3.63) is 35.1 Å². The van der Waals surface area contributed by atoms with E-state index in [1.807, 2.05) is 0 Å². The third-order valence-electron chi connectivity index (χ3n) is 2.24. The molecule has 0 saturated heterocycles. The van der Waals surface area contributed by atoms with Crippen molar-refractivity contribution in [1.82, 2.24) is 4.90 Å². The molecule has 0 bridgehead atoms. The van der Waals surface area contributed by atoms with Crippen LogP contribution in [0, 0.1) is 12.7 Å². The van der Waals surface area contributed by atoms with E-state index in [-0.39, 0.29) is 30.7 Å². The van der Waals surface area contributed by atoms with Crippen LogP contribution in [0.3, 0.4) is 0 Å². The monoisotopic (exact) mass is 246 g/mol. The number of likely N-dealkylation sites (N-methyl/N-ethyl adjacent to an activating group) is 1. The largest absolute Gasteiger partial charge is 0.340 e. The minimum atomic E-state index is -0.230. The van der Waals surface area contributed by atoms with Crippen LogP contribution >= 0.6 is 12.4 Å². The van der Waals surface area contributed by atoms with Crippen LogP contribution in [0.4, 0.5) is 4.39 Å². The summed E-state index contributed by atoms with van der Waals surface area (Å²) in [5.74, 6) is -0.358. The van der Waals surface area contributed by atoms with Gasteiger partial charge in [-0.05, 0) is 24.1 Å². The Kier molecular flexibility index (Phi) is 6.00. The number of amides is 1. The molecule has 0 fully saturated rings. The molecule has 0 aliphatic carbocycles. The molecule has 0 aliphatic heterocycles. The van der Waals surface area contributed by atoms with Gasteiger partial charge >= 0.3 is 0 Å². The van der Waals surface area contributed by atoms with Gasteiger partial charge in [0.05, 0.1) is 6.54 Å². The Labute approximate surface area is 101 Å². The lowest BCUT2D eigenvalue weighted by Gasteiger charge is -2.16. The summed E-state index contributed by atoms with van der Waals surface area (Å²) in [6.07, 6.45) is 0. The molecule has 1 rings (SSSR count). The van der Waals surface area contributed by atoms with Crippen LogP contribution in [-0.4, -0.2) is 24.4 Å². The smallest absolute Gasteiger partial charge is 0.236 e. The topological polar surface area (TPSA) is 46.3 Å². The number of halogens is 2. The summed E-state index contributed by atoms with van der Waals surface area (Å²) in [6.45, 7) is 2.15. The predicted molar refractivity (Wildman–Crippen MR) is 63.9 cm³/mol. The van der Waals surface area contributed by atoms with E-state index in [0.717, 1.165) is 5.56 Å². The summed E-state index contributed by atoms with van der Waals surface area (Å²) in [7, 11) is 1.67. The Morgan fingerprint density at radius 1 is 1.50 bits per heavy atom. The number of nitrogens with zero attached hydrogens (tertiary/aromatic N) is 1. The number of benzene rings is 1. The minimum Gasteiger partial charge on any atom is -0.340 e. The first-order chi connectivity index (χ1) is 7.04. The number of carbonyl (C=O) groups excluding carboxylic acids is 1. The first-order valence-electron chi connectivity index (χ1n) is 4.73. The Morgan fingerprint density at radius 3 is 2.62 bits per heavy atom. The van der Waals surface area contributed by atoms with Gasteiger partial charge in [-0.2, -0.15) is 0 Å². The van der Waals surface area contributed by atoms with E-state index in [0.29, 0.717) is 12.1 Å². The number of hydrogen-bond donors (Lipinski definition) is 1. The maximum Gasteiger partial charge on any atom is 0.236 e. The van der Waals surface area contributed by atoms with Crippen molar-refractivity contribution in [1.29, 1.82) is 0 Å². The average Bonchev–Trinajstić information content (AvgIpc) is 2.22. The van der Waals surface area contributed by atoms with Gasteiger partial charge in [-0.15, -0.1) is 12.4 Å². The second-order valence-electron chi connectivity index (χ2n) is 3.54. The van der Waals surface area contributed by atoms with Crippen molar-refractivity contribution >= 4 is 18.3 Å². The molecule has 90 valence electrons. The van der Waals surface area contributed by atoms with Gasteiger partial charge in [0.15, 0.2) is 0 Å². The van der Waals surface area contributed by atoms with Gasteiger partial charge in [0.25, 0.3) is 0 Å². The molecule has 0 aromatic heterocycles. The lowest BCUT2D eigenvalue weighted by molar-refractivity contribution is -0.128. The van der Waals surface area contributed by atoms with Crippen LogP contribution in [0.25, 0.3) is 0 Å². The first-order valence-corrected chi connectivity index (χ1v) is 4.73. The summed E-state index contributed by atoms with van der Waals surface area (Å²) in [5.41, 5.74) is 6.71. The second-order valence-corrected chi connectivity index (χ2v) is 3.54. The fraction of sp³-hybridized carbons (Fsp3) is 0.364. The number of nitrogens with two attached hydrogens (primary N) is 1. The van der Waals surface area contributed by atoms with E-state index in [9.17, 15) is 9.18 Å². The SMILES string of the molecule is Cc1cc(CN(C)C(=O)CN)ccc1F.Cl. The minimum absolute atomic E-state index is 0. The molecule has 1 aromatic rings. The van der Waals surface area contributed by atoms with Crippen LogP contribution in [0.1, 0.15) is 11.1 Å². The number of carbonyl (C=O) groups is 1. The van der Waals surface area contributed by atoms with E-state index in [2.05, 4.69) is 0 Å². The number of hydrogen-bond acceptors (Lipinski definition) is 2. The second kappa shape index (κ2) is 6.45. The molecule has 1 amide bonds. The summed E-state index contributed by atoms with van der Waals surface area (Å²) >= 11 is 0. The highest BCUT2D eigenvalue weighted by Gasteiger charge is 2.07. The van der Waals surface area contributed by atoms with Crippen molar-refractivity contribution in [3.63, 3.8) is 0 Å². The van der Waals surface area contributed by atoms with Crippen LogP contribution < -0.4 is 5.73 Å². The molecule has 3 nitrogen and oxygen atoms in total. The fourth-order valence-electron chi connectivity index (χ4n) is 1.32. The van der Waals surface area contributed by atoms with E-state index in [1.54, 1.807) is 26.1 Å². The lowest BCUT2D eigenvalue weighted by Crippen LogP contribution is -2.32. The third kappa shape index (κ3) is 3.79. The van der Waals surface area contributed by atoms with Gasteiger partial charge in [0.1, 0.15) is 5.82 Å². The number of aryl methyl sites for hydroxylation is 1. The molecule has 0 aliphatic rings. The molecule has 0 saturated carbocycles. The highest BCUT2D eigenvalue weighted by Crippen LogP contribution is 2.10. The maximum atomic E-state index is 13.0. The van der Waals surface area contributed by atoms with Gasteiger partial charge < -0.3 is 10.6 Å². The average molecular weight is 247 g/mol. The summed E-state index contributed by atoms with van der Waals surface area (Å²) in [4.78, 5) is 12.7.